The molecular formula is C31H49NO4. The van der Waals surface area contributed by atoms with E-state index in [0.717, 1.165) is 49.9 Å². The van der Waals surface area contributed by atoms with Gasteiger partial charge >= 0.3 is 0 Å². The normalized spacial score (nSPS) is 41.8. The number of aromatic nitrogens is 1. The summed E-state index contributed by atoms with van der Waals surface area (Å²) in [5, 5.41) is 25.5. The summed E-state index contributed by atoms with van der Waals surface area (Å²) in [5.41, 5.74) is 1.74. The van der Waals surface area contributed by atoms with Crippen molar-refractivity contribution in [2.75, 3.05) is 0 Å². The lowest BCUT2D eigenvalue weighted by Gasteiger charge is -2.59. The van der Waals surface area contributed by atoms with Gasteiger partial charge < -0.3 is 19.5 Å². The Kier molecular flexibility index (Phi) is 7.48. The van der Waals surface area contributed by atoms with Crippen molar-refractivity contribution in [3.05, 3.63) is 29.7 Å². The molecule has 202 valence electrons. The molecule has 4 aliphatic rings. The van der Waals surface area contributed by atoms with Gasteiger partial charge in [0, 0.05) is 6.07 Å². The number of nitrogens with zero attached hydrogens (tertiary/aromatic N) is 1. The van der Waals surface area contributed by atoms with Gasteiger partial charge in [0.1, 0.15) is 12.7 Å². The molecule has 2 N–H and O–H groups in total. The van der Waals surface area contributed by atoms with E-state index in [4.69, 9.17) is 9.26 Å². The molecule has 5 nitrogen and oxygen atoms in total. The van der Waals surface area contributed by atoms with E-state index >= 15 is 0 Å². The van der Waals surface area contributed by atoms with Gasteiger partial charge in [-0.1, -0.05) is 45.9 Å². The third kappa shape index (κ3) is 4.52. The van der Waals surface area contributed by atoms with Crippen LogP contribution in [0.3, 0.4) is 0 Å². The van der Waals surface area contributed by atoms with Crippen LogP contribution in [0.1, 0.15) is 98.2 Å². The second-order valence-electron chi connectivity index (χ2n) is 13.6. The van der Waals surface area contributed by atoms with Gasteiger partial charge in [-0.05, 0) is 110 Å². The molecule has 3 fully saturated rings. The maximum atomic E-state index is 11.4. The Labute approximate surface area is 218 Å². The van der Waals surface area contributed by atoms with Crippen LogP contribution in [-0.4, -0.2) is 33.7 Å². The van der Waals surface area contributed by atoms with Crippen LogP contribution >= 0.6 is 0 Å². The van der Waals surface area contributed by atoms with Crippen molar-refractivity contribution in [2.24, 2.45) is 46.3 Å². The molecule has 0 saturated heterocycles. The first-order chi connectivity index (χ1) is 17.1. The van der Waals surface area contributed by atoms with E-state index in [0.29, 0.717) is 35.5 Å². The number of hydrogen-bond donors (Lipinski definition) is 2. The summed E-state index contributed by atoms with van der Waals surface area (Å²) in [6, 6.07) is 1.82. The molecule has 0 unspecified atom stereocenters. The smallest absolute Gasteiger partial charge is 0.162 e. The number of aliphatic hydroxyl groups is 2. The van der Waals surface area contributed by atoms with Crippen LogP contribution in [0, 0.1) is 46.3 Å². The molecule has 0 bridgehead atoms. The van der Waals surface area contributed by atoms with Gasteiger partial charge in [-0.25, -0.2) is 0 Å². The highest BCUT2D eigenvalue weighted by molar-refractivity contribution is 5.29. The lowest BCUT2D eigenvalue weighted by molar-refractivity contribution is -0.103. The predicted octanol–water partition coefficient (Wildman–Crippen LogP) is 6.54. The standard InChI is InChI=1S/C31H49NO4/c1-19(2)27(33)11-6-20(3)23-9-10-24-22-7-8-26-29(34)28(35-18-21-14-17-32-36-21)13-16-31(26,5)25(22)12-15-30(23,24)4/h8,14,17,19-20,22-25,27-29,33-34H,6-7,9-13,15-16,18H2,1-5H3/t20-,22+,23-,24+,25+,27+,28+,29-,30-,31-/m1/s1. The fourth-order valence-electron chi connectivity index (χ4n) is 9.33. The van der Waals surface area contributed by atoms with E-state index < -0.39 is 6.10 Å². The molecule has 0 spiro atoms. The second kappa shape index (κ2) is 10.2. The van der Waals surface area contributed by atoms with E-state index in [9.17, 15) is 10.2 Å². The zero-order chi connectivity index (χ0) is 25.7. The summed E-state index contributed by atoms with van der Waals surface area (Å²) in [6.07, 6.45) is 13.6. The molecule has 0 aliphatic heterocycles. The van der Waals surface area contributed by atoms with Crippen molar-refractivity contribution in [2.45, 2.75) is 117 Å². The van der Waals surface area contributed by atoms with Crippen LogP contribution < -0.4 is 0 Å². The van der Waals surface area contributed by atoms with Crippen molar-refractivity contribution in [1.82, 2.24) is 5.16 Å². The Morgan fingerprint density at radius 3 is 2.61 bits per heavy atom. The topological polar surface area (TPSA) is 75.7 Å². The van der Waals surface area contributed by atoms with Crippen molar-refractivity contribution >= 4 is 0 Å². The van der Waals surface area contributed by atoms with Crippen molar-refractivity contribution < 1.29 is 19.5 Å². The summed E-state index contributed by atoms with van der Waals surface area (Å²) in [7, 11) is 0. The Balaban J connectivity index is 1.27. The molecule has 5 heteroatoms. The van der Waals surface area contributed by atoms with Gasteiger partial charge in [0.05, 0.1) is 18.4 Å². The summed E-state index contributed by atoms with van der Waals surface area (Å²) < 4.78 is 11.3. The number of ether oxygens (including phenoxy) is 1. The number of fused-ring (bicyclic) bond motifs is 5. The Bertz CT molecular complexity index is 912. The Morgan fingerprint density at radius 1 is 1.08 bits per heavy atom. The summed E-state index contributed by atoms with van der Waals surface area (Å²) >= 11 is 0. The molecule has 1 heterocycles. The Hall–Kier alpha value is -1.17. The van der Waals surface area contributed by atoms with E-state index in [1.807, 2.05) is 6.07 Å². The number of hydrogen-bond acceptors (Lipinski definition) is 5. The first-order valence-electron chi connectivity index (χ1n) is 14.7. The fourth-order valence-corrected chi connectivity index (χ4v) is 9.33. The second-order valence-corrected chi connectivity index (χ2v) is 13.6. The van der Waals surface area contributed by atoms with E-state index in [2.05, 4.69) is 45.9 Å². The van der Waals surface area contributed by atoms with Crippen molar-refractivity contribution in [3.8, 4) is 0 Å². The minimum atomic E-state index is -0.523. The largest absolute Gasteiger partial charge is 0.393 e. The van der Waals surface area contributed by atoms with Crippen LogP contribution in [0.4, 0.5) is 0 Å². The zero-order valence-corrected chi connectivity index (χ0v) is 23.2. The van der Waals surface area contributed by atoms with Crippen LogP contribution in [0.25, 0.3) is 0 Å². The molecule has 4 aliphatic carbocycles. The molecule has 36 heavy (non-hydrogen) atoms. The lowest BCUT2D eigenvalue weighted by atomic mass is 9.46. The fraction of sp³-hybridized carbons (Fsp3) is 0.839. The highest BCUT2D eigenvalue weighted by atomic mass is 16.5. The molecule has 1 aromatic rings. The van der Waals surface area contributed by atoms with Crippen molar-refractivity contribution in [3.63, 3.8) is 0 Å². The highest BCUT2D eigenvalue weighted by Gasteiger charge is 2.60. The lowest BCUT2D eigenvalue weighted by Crippen LogP contribution is -2.54. The number of rotatable bonds is 8. The molecular weight excluding hydrogens is 450 g/mol. The van der Waals surface area contributed by atoms with Gasteiger partial charge in [0.25, 0.3) is 0 Å². The molecule has 0 amide bonds. The van der Waals surface area contributed by atoms with Crippen LogP contribution in [-0.2, 0) is 11.3 Å². The number of aliphatic hydroxyl groups excluding tert-OH is 2. The first-order valence-corrected chi connectivity index (χ1v) is 14.7. The Morgan fingerprint density at radius 2 is 1.89 bits per heavy atom. The van der Waals surface area contributed by atoms with Gasteiger partial charge in [0.2, 0.25) is 0 Å². The summed E-state index contributed by atoms with van der Waals surface area (Å²) in [5.74, 6) is 4.68. The molecule has 10 atom stereocenters. The van der Waals surface area contributed by atoms with Crippen molar-refractivity contribution in [1.29, 1.82) is 0 Å². The molecule has 1 aromatic heterocycles. The average Bonchev–Trinajstić information content (AvgIpc) is 3.49. The van der Waals surface area contributed by atoms with Gasteiger partial charge in [0.15, 0.2) is 5.76 Å². The minimum absolute atomic E-state index is 0.0842. The predicted molar refractivity (Wildman–Crippen MR) is 141 cm³/mol. The van der Waals surface area contributed by atoms with Crippen LogP contribution in [0.2, 0.25) is 0 Å². The SMILES string of the molecule is CC(C)[C@@H](O)CC[C@@H](C)[C@H]1CC[C@H]2[C@@H]3CC=C4[C@@H](O)[C@@H](OCc5ccno5)CC[C@]4(C)[C@H]3CC[C@]12C. The third-order valence-corrected chi connectivity index (χ3v) is 11.5. The van der Waals surface area contributed by atoms with Gasteiger partial charge in [-0.2, -0.15) is 0 Å². The monoisotopic (exact) mass is 499 g/mol. The van der Waals surface area contributed by atoms with Gasteiger partial charge in [-0.3, -0.25) is 0 Å². The molecule has 5 rings (SSSR count). The molecule has 0 aromatic carbocycles. The molecule has 0 radical (unpaired) electrons. The summed E-state index contributed by atoms with van der Waals surface area (Å²) in [4.78, 5) is 0. The quantitative estimate of drug-likeness (QED) is 0.397. The van der Waals surface area contributed by atoms with E-state index in [1.54, 1.807) is 6.20 Å². The maximum absolute atomic E-state index is 11.4. The number of allylic oxidation sites excluding steroid dienone is 1. The van der Waals surface area contributed by atoms with Crippen LogP contribution in [0.15, 0.2) is 28.4 Å². The zero-order valence-electron chi connectivity index (χ0n) is 23.2. The maximum Gasteiger partial charge on any atom is 0.162 e. The van der Waals surface area contributed by atoms with E-state index in [1.165, 1.54) is 31.3 Å². The average molecular weight is 500 g/mol. The molecule has 3 saturated carbocycles. The van der Waals surface area contributed by atoms with Gasteiger partial charge in [-0.15, -0.1) is 0 Å². The van der Waals surface area contributed by atoms with Crippen LogP contribution in [0.5, 0.6) is 0 Å². The van der Waals surface area contributed by atoms with E-state index in [-0.39, 0.29) is 17.6 Å². The summed E-state index contributed by atoms with van der Waals surface area (Å²) in [6.45, 7) is 12.1. The minimum Gasteiger partial charge on any atom is -0.393 e. The first kappa shape index (κ1) is 26.4. The third-order valence-electron chi connectivity index (χ3n) is 11.5. The highest BCUT2D eigenvalue weighted by Crippen LogP contribution is 2.67.